The highest BCUT2D eigenvalue weighted by Crippen LogP contribution is 2.22. The molecule has 0 amide bonds. The van der Waals surface area contributed by atoms with E-state index in [1.165, 1.54) is 0 Å². The molecule has 96 valence electrons. The Morgan fingerprint density at radius 3 is 3.00 bits per heavy atom. The third kappa shape index (κ3) is 2.87. The van der Waals surface area contributed by atoms with E-state index >= 15 is 0 Å². The van der Waals surface area contributed by atoms with Crippen molar-refractivity contribution in [2.75, 3.05) is 11.5 Å². The Morgan fingerprint density at radius 2 is 2.41 bits per heavy atom. The number of nitrogens with two attached hydrogens (primary N) is 1. The number of hydrogen-bond donors (Lipinski definition) is 1. The maximum Gasteiger partial charge on any atom is 0.150 e. The molecule has 2 rings (SSSR count). The van der Waals surface area contributed by atoms with Crippen LogP contribution in [0, 0.1) is 5.92 Å². The van der Waals surface area contributed by atoms with Crippen LogP contribution in [-0.4, -0.2) is 29.5 Å². The SMILES string of the molecule is CC[C@@H](N)c1cncn1CC1CCS(=O)(=O)C1. The number of rotatable bonds is 4. The molecule has 1 aliphatic heterocycles. The van der Waals surface area contributed by atoms with Gasteiger partial charge in [0.1, 0.15) is 0 Å². The van der Waals surface area contributed by atoms with E-state index in [2.05, 4.69) is 4.98 Å². The van der Waals surface area contributed by atoms with Gasteiger partial charge in [-0.25, -0.2) is 13.4 Å². The summed E-state index contributed by atoms with van der Waals surface area (Å²) < 4.78 is 24.8. The van der Waals surface area contributed by atoms with Crippen molar-refractivity contribution in [1.29, 1.82) is 0 Å². The molecule has 0 saturated carbocycles. The van der Waals surface area contributed by atoms with Gasteiger partial charge in [0.25, 0.3) is 0 Å². The van der Waals surface area contributed by atoms with Gasteiger partial charge in [-0.2, -0.15) is 0 Å². The van der Waals surface area contributed by atoms with Gasteiger partial charge >= 0.3 is 0 Å². The Bertz CT molecular complexity index is 481. The van der Waals surface area contributed by atoms with Crippen LogP contribution in [0.25, 0.3) is 0 Å². The molecule has 2 N–H and O–H groups in total. The van der Waals surface area contributed by atoms with Crippen LogP contribution in [0.4, 0.5) is 0 Å². The first-order valence-electron chi connectivity index (χ1n) is 5.98. The highest BCUT2D eigenvalue weighted by atomic mass is 32.2. The van der Waals surface area contributed by atoms with Gasteiger partial charge in [0, 0.05) is 18.8 Å². The van der Waals surface area contributed by atoms with E-state index in [0.29, 0.717) is 18.1 Å². The lowest BCUT2D eigenvalue weighted by molar-refractivity contribution is 0.467. The number of sulfone groups is 1. The van der Waals surface area contributed by atoms with Gasteiger partial charge in [-0.1, -0.05) is 6.92 Å². The minimum absolute atomic E-state index is 0.0180. The summed E-state index contributed by atoms with van der Waals surface area (Å²) in [5.74, 6) is 0.824. The van der Waals surface area contributed by atoms with E-state index in [1.807, 2.05) is 11.5 Å². The van der Waals surface area contributed by atoms with Crippen molar-refractivity contribution in [2.24, 2.45) is 11.7 Å². The molecule has 2 atom stereocenters. The topological polar surface area (TPSA) is 78.0 Å². The average molecular weight is 257 g/mol. The number of aromatic nitrogens is 2. The zero-order chi connectivity index (χ0) is 12.5. The monoisotopic (exact) mass is 257 g/mol. The summed E-state index contributed by atoms with van der Waals surface area (Å²) in [5.41, 5.74) is 6.99. The predicted molar refractivity (Wildman–Crippen MR) is 66.2 cm³/mol. The molecule has 6 heteroatoms. The standard InChI is InChI=1S/C11H19N3O2S/c1-2-10(12)11-5-13-8-14(11)6-9-3-4-17(15,16)7-9/h5,8-10H,2-4,6-7,12H2,1H3/t9?,10-/m1/s1. The maximum absolute atomic E-state index is 11.4. The van der Waals surface area contributed by atoms with E-state index in [1.54, 1.807) is 12.5 Å². The van der Waals surface area contributed by atoms with Crippen molar-refractivity contribution in [3.05, 3.63) is 18.2 Å². The summed E-state index contributed by atoms with van der Waals surface area (Å²) in [6, 6.07) is -0.0180. The first-order chi connectivity index (χ1) is 8.02. The lowest BCUT2D eigenvalue weighted by atomic mass is 10.1. The fourth-order valence-electron chi connectivity index (χ4n) is 2.30. The van der Waals surface area contributed by atoms with E-state index < -0.39 is 9.84 Å². The van der Waals surface area contributed by atoms with Crippen LogP contribution in [0.3, 0.4) is 0 Å². The maximum atomic E-state index is 11.4. The van der Waals surface area contributed by atoms with E-state index in [-0.39, 0.29) is 12.0 Å². The Labute approximate surface area is 102 Å². The van der Waals surface area contributed by atoms with Gasteiger partial charge in [0.15, 0.2) is 9.84 Å². The normalized spacial score (nSPS) is 24.9. The highest BCUT2D eigenvalue weighted by molar-refractivity contribution is 7.91. The number of hydrogen-bond acceptors (Lipinski definition) is 4. The molecular weight excluding hydrogens is 238 g/mol. The van der Waals surface area contributed by atoms with Crippen molar-refractivity contribution in [1.82, 2.24) is 9.55 Å². The third-order valence-corrected chi connectivity index (χ3v) is 5.18. The van der Waals surface area contributed by atoms with Crippen molar-refractivity contribution in [2.45, 2.75) is 32.4 Å². The Morgan fingerprint density at radius 1 is 1.65 bits per heavy atom. The molecule has 0 aromatic carbocycles. The van der Waals surface area contributed by atoms with Crippen LogP contribution >= 0.6 is 0 Å². The minimum atomic E-state index is -2.80. The summed E-state index contributed by atoms with van der Waals surface area (Å²) in [7, 11) is -2.80. The molecule has 1 aromatic heterocycles. The zero-order valence-electron chi connectivity index (χ0n) is 10.0. The van der Waals surface area contributed by atoms with Gasteiger partial charge in [-0.3, -0.25) is 0 Å². The number of imidazole rings is 1. The van der Waals surface area contributed by atoms with E-state index in [4.69, 9.17) is 5.73 Å². The largest absolute Gasteiger partial charge is 0.333 e. The van der Waals surface area contributed by atoms with Gasteiger partial charge in [-0.15, -0.1) is 0 Å². The highest BCUT2D eigenvalue weighted by Gasteiger charge is 2.28. The fraction of sp³-hybridized carbons (Fsp3) is 0.727. The second kappa shape index (κ2) is 4.78. The Kier molecular flexibility index (Phi) is 3.53. The summed E-state index contributed by atoms with van der Waals surface area (Å²) in [6.07, 6.45) is 5.13. The van der Waals surface area contributed by atoms with Crippen LogP contribution in [0.1, 0.15) is 31.5 Å². The lowest BCUT2D eigenvalue weighted by Gasteiger charge is -2.15. The summed E-state index contributed by atoms with van der Waals surface area (Å²) in [4.78, 5) is 4.10. The first-order valence-corrected chi connectivity index (χ1v) is 7.80. The second-order valence-corrected chi connectivity index (χ2v) is 6.98. The summed E-state index contributed by atoms with van der Waals surface area (Å²) in [5, 5.41) is 0. The van der Waals surface area contributed by atoms with Gasteiger partial charge in [0.05, 0.1) is 23.5 Å². The van der Waals surface area contributed by atoms with Gasteiger partial charge < -0.3 is 10.3 Å². The molecule has 1 aliphatic rings. The molecule has 17 heavy (non-hydrogen) atoms. The predicted octanol–water partition coefficient (Wildman–Crippen LogP) is 0.728. The second-order valence-electron chi connectivity index (χ2n) is 4.75. The Balaban J connectivity index is 2.07. The molecule has 5 nitrogen and oxygen atoms in total. The lowest BCUT2D eigenvalue weighted by Crippen LogP contribution is -2.18. The molecule has 0 spiro atoms. The molecule has 1 fully saturated rings. The van der Waals surface area contributed by atoms with Crippen LogP contribution in [0.5, 0.6) is 0 Å². The van der Waals surface area contributed by atoms with Crippen molar-refractivity contribution >= 4 is 9.84 Å². The minimum Gasteiger partial charge on any atom is -0.333 e. The quantitative estimate of drug-likeness (QED) is 0.862. The van der Waals surface area contributed by atoms with E-state index in [0.717, 1.165) is 18.5 Å². The van der Waals surface area contributed by atoms with Gasteiger partial charge in [0.2, 0.25) is 0 Å². The molecule has 0 aliphatic carbocycles. The van der Waals surface area contributed by atoms with Crippen molar-refractivity contribution < 1.29 is 8.42 Å². The van der Waals surface area contributed by atoms with Crippen molar-refractivity contribution in [3.63, 3.8) is 0 Å². The number of nitrogens with zero attached hydrogens (tertiary/aromatic N) is 2. The van der Waals surface area contributed by atoms with Crippen LogP contribution in [0.2, 0.25) is 0 Å². The first kappa shape index (κ1) is 12.6. The molecule has 1 aromatic rings. The fourth-order valence-corrected chi connectivity index (χ4v) is 4.15. The smallest absolute Gasteiger partial charge is 0.150 e. The molecule has 0 bridgehead atoms. The summed E-state index contributed by atoms with van der Waals surface area (Å²) in [6.45, 7) is 2.74. The van der Waals surface area contributed by atoms with Crippen LogP contribution in [0.15, 0.2) is 12.5 Å². The van der Waals surface area contributed by atoms with Crippen LogP contribution in [-0.2, 0) is 16.4 Å². The molecule has 1 unspecified atom stereocenters. The average Bonchev–Trinajstić information content (AvgIpc) is 2.85. The van der Waals surface area contributed by atoms with Crippen LogP contribution < -0.4 is 5.73 Å². The molecule has 2 heterocycles. The summed E-state index contributed by atoms with van der Waals surface area (Å²) >= 11 is 0. The third-order valence-electron chi connectivity index (χ3n) is 3.35. The molecular formula is C11H19N3O2S. The Hall–Kier alpha value is -0.880. The van der Waals surface area contributed by atoms with Gasteiger partial charge in [-0.05, 0) is 18.8 Å². The molecule has 1 saturated heterocycles. The van der Waals surface area contributed by atoms with E-state index in [9.17, 15) is 8.42 Å². The molecule has 0 radical (unpaired) electrons. The van der Waals surface area contributed by atoms with Crippen molar-refractivity contribution in [3.8, 4) is 0 Å². The zero-order valence-corrected chi connectivity index (χ0v) is 10.9.